The van der Waals surface area contributed by atoms with E-state index in [2.05, 4.69) is 36.1 Å². The fraction of sp³-hybridized carbons (Fsp3) is 0.824. The third kappa shape index (κ3) is 5.11. The molecule has 21 heavy (non-hydrogen) atoms. The topological polar surface area (TPSA) is 39.1 Å². The van der Waals surface area contributed by atoms with Crippen LogP contribution in [0.4, 0.5) is 0 Å². The van der Waals surface area contributed by atoms with Crippen molar-refractivity contribution in [3.8, 4) is 0 Å². The molecule has 0 aromatic carbocycles. The standard InChI is InChI=1S/C17H31N3O/c1-4-18-16(12-14(2)21-3)13-15-10-11-20(19-15)17-8-6-5-7-9-17/h10-11,14,16-18H,4-9,12-13H2,1-3H3. The molecule has 1 aromatic heterocycles. The summed E-state index contributed by atoms with van der Waals surface area (Å²) < 4.78 is 7.61. The first kappa shape index (κ1) is 16.5. The zero-order chi connectivity index (χ0) is 15.1. The summed E-state index contributed by atoms with van der Waals surface area (Å²) in [6.07, 6.45) is 11.2. The van der Waals surface area contributed by atoms with Crippen molar-refractivity contribution >= 4 is 0 Å². The summed E-state index contributed by atoms with van der Waals surface area (Å²) in [4.78, 5) is 0. The van der Waals surface area contributed by atoms with E-state index < -0.39 is 0 Å². The van der Waals surface area contributed by atoms with E-state index in [1.54, 1.807) is 7.11 Å². The fourth-order valence-electron chi connectivity index (χ4n) is 3.31. The average Bonchev–Trinajstić information content (AvgIpc) is 2.97. The van der Waals surface area contributed by atoms with E-state index in [-0.39, 0.29) is 6.10 Å². The molecule has 0 spiro atoms. The van der Waals surface area contributed by atoms with Crippen LogP contribution in [0.1, 0.15) is 64.1 Å². The van der Waals surface area contributed by atoms with Crippen LogP contribution in [0.15, 0.2) is 12.3 Å². The average molecular weight is 293 g/mol. The predicted octanol–water partition coefficient (Wildman–Crippen LogP) is 3.33. The lowest BCUT2D eigenvalue weighted by Gasteiger charge is -2.22. The Bertz CT molecular complexity index is 398. The molecular formula is C17H31N3O. The largest absolute Gasteiger partial charge is 0.382 e. The number of methoxy groups -OCH3 is 1. The second-order valence-electron chi connectivity index (χ2n) is 6.32. The van der Waals surface area contributed by atoms with E-state index in [9.17, 15) is 0 Å². The maximum Gasteiger partial charge on any atom is 0.0640 e. The van der Waals surface area contributed by atoms with Crippen LogP contribution in [0.2, 0.25) is 0 Å². The molecule has 2 unspecified atom stereocenters. The summed E-state index contributed by atoms with van der Waals surface area (Å²) in [6.45, 7) is 5.28. The lowest BCUT2D eigenvalue weighted by atomic mass is 9.96. The molecule has 4 nitrogen and oxygen atoms in total. The summed E-state index contributed by atoms with van der Waals surface area (Å²) in [5, 5.41) is 8.38. The minimum absolute atomic E-state index is 0.287. The smallest absolute Gasteiger partial charge is 0.0640 e. The molecule has 2 rings (SSSR count). The van der Waals surface area contributed by atoms with Crippen LogP contribution in [-0.2, 0) is 11.2 Å². The van der Waals surface area contributed by atoms with Gasteiger partial charge < -0.3 is 10.1 Å². The van der Waals surface area contributed by atoms with Crippen LogP contribution in [0.5, 0.6) is 0 Å². The molecule has 1 heterocycles. The second kappa shape index (κ2) is 8.54. The molecular weight excluding hydrogens is 262 g/mol. The summed E-state index contributed by atoms with van der Waals surface area (Å²) in [7, 11) is 1.78. The number of ether oxygens (including phenoxy) is 1. The third-order valence-corrected chi connectivity index (χ3v) is 4.58. The first-order valence-corrected chi connectivity index (χ1v) is 8.53. The van der Waals surface area contributed by atoms with Gasteiger partial charge in [0.15, 0.2) is 0 Å². The molecule has 0 aliphatic heterocycles. The number of likely N-dealkylation sites (N-methyl/N-ethyl adjacent to an activating group) is 1. The SMILES string of the molecule is CCNC(Cc1ccn(C2CCCCC2)n1)CC(C)OC. The van der Waals surface area contributed by atoms with Gasteiger partial charge >= 0.3 is 0 Å². The van der Waals surface area contributed by atoms with Crippen LogP contribution in [-0.4, -0.2) is 35.6 Å². The van der Waals surface area contributed by atoms with Gasteiger partial charge in [0.1, 0.15) is 0 Å². The zero-order valence-corrected chi connectivity index (χ0v) is 13.8. The van der Waals surface area contributed by atoms with E-state index >= 15 is 0 Å². The molecule has 0 bridgehead atoms. The molecule has 1 N–H and O–H groups in total. The number of rotatable bonds is 8. The number of aromatic nitrogens is 2. The Kier molecular flexibility index (Phi) is 6.71. The molecule has 0 radical (unpaired) electrons. The minimum atomic E-state index is 0.287. The summed E-state index contributed by atoms with van der Waals surface area (Å²) in [5.41, 5.74) is 1.20. The van der Waals surface area contributed by atoms with Crippen molar-refractivity contribution in [1.29, 1.82) is 0 Å². The Balaban J connectivity index is 1.92. The Morgan fingerprint density at radius 1 is 1.38 bits per heavy atom. The van der Waals surface area contributed by atoms with E-state index in [0.717, 1.165) is 19.4 Å². The van der Waals surface area contributed by atoms with Crippen LogP contribution >= 0.6 is 0 Å². The summed E-state index contributed by atoms with van der Waals surface area (Å²) in [5.74, 6) is 0. The number of nitrogens with one attached hydrogen (secondary N) is 1. The molecule has 2 atom stereocenters. The molecule has 120 valence electrons. The summed E-state index contributed by atoms with van der Waals surface area (Å²) >= 11 is 0. The van der Waals surface area contributed by atoms with Crippen molar-refractivity contribution in [2.45, 2.75) is 77.0 Å². The number of nitrogens with zero attached hydrogens (tertiary/aromatic N) is 2. The highest BCUT2D eigenvalue weighted by Crippen LogP contribution is 2.27. The van der Waals surface area contributed by atoms with E-state index in [4.69, 9.17) is 9.84 Å². The Morgan fingerprint density at radius 2 is 2.14 bits per heavy atom. The molecule has 1 fully saturated rings. The van der Waals surface area contributed by atoms with E-state index in [1.807, 2.05) is 0 Å². The fourth-order valence-corrected chi connectivity index (χ4v) is 3.31. The molecule has 1 saturated carbocycles. The molecule has 0 saturated heterocycles. The second-order valence-corrected chi connectivity index (χ2v) is 6.32. The van der Waals surface area contributed by atoms with Crippen molar-refractivity contribution in [3.63, 3.8) is 0 Å². The lowest BCUT2D eigenvalue weighted by Crippen LogP contribution is -2.34. The van der Waals surface area contributed by atoms with Gasteiger partial charge in [0.05, 0.1) is 17.8 Å². The molecule has 1 aliphatic rings. The van der Waals surface area contributed by atoms with Crippen molar-refractivity contribution in [1.82, 2.24) is 15.1 Å². The van der Waals surface area contributed by atoms with Crippen LogP contribution < -0.4 is 5.32 Å². The van der Waals surface area contributed by atoms with Gasteiger partial charge in [-0.15, -0.1) is 0 Å². The number of hydrogen-bond donors (Lipinski definition) is 1. The number of hydrogen-bond acceptors (Lipinski definition) is 3. The molecule has 1 aliphatic carbocycles. The Labute approximate surface area is 129 Å². The molecule has 1 aromatic rings. The highest BCUT2D eigenvalue weighted by molar-refractivity contribution is 5.03. The van der Waals surface area contributed by atoms with Gasteiger partial charge in [-0.3, -0.25) is 4.68 Å². The third-order valence-electron chi connectivity index (χ3n) is 4.58. The molecule has 0 amide bonds. The van der Waals surface area contributed by atoms with Gasteiger partial charge in [0.25, 0.3) is 0 Å². The predicted molar refractivity (Wildman–Crippen MR) is 86.6 cm³/mol. The quantitative estimate of drug-likeness (QED) is 0.799. The van der Waals surface area contributed by atoms with Gasteiger partial charge in [-0.05, 0) is 38.8 Å². The Morgan fingerprint density at radius 3 is 2.81 bits per heavy atom. The van der Waals surface area contributed by atoms with Crippen LogP contribution in [0.25, 0.3) is 0 Å². The zero-order valence-electron chi connectivity index (χ0n) is 13.8. The van der Waals surface area contributed by atoms with Crippen molar-refractivity contribution < 1.29 is 4.74 Å². The molecule has 4 heteroatoms. The highest BCUT2D eigenvalue weighted by Gasteiger charge is 2.18. The van der Waals surface area contributed by atoms with Crippen molar-refractivity contribution in [3.05, 3.63) is 18.0 Å². The normalized spacial score (nSPS) is 19.6. The monoisotopic (exact) mass is 293 g/mol. The van der Waals surface area contributed by atoms with E-state index in [0.29, 0.717) is 12.1 Å². The van der Waals surface area contributed by atoms with E-state index in [1.165, 1.54) is 37.8 Å². The maximum atomic E-state index is 5.40. The van der Waals surface area contributed by atoms with Gasteiger partial charge in [0.2, 0.25) is 0 Å². The van der Waals surface area contributed by atoms with Crippen LogP contribution in [0.3, 0.4) is 0 Å². The first-order chi connectivity index (χ1) is 10.2. The Hall–Kier alpha value is -0.870. The minimum Gasteiger partial charge on any atom is -0.382 e. The highest BCUT2D eigenvalue weighted by atomic mass is 16.5. The lowest BCUT2D eigenvalue weighted by molar-refractivity contribution is 0.100. The van der Waals surface area contributed by atoms with Gasteiger partial charge in [-0.2, -0.15) is 5.10 Å². The van der Waals surface area contributed by atoms with Gasteiger partial charge in [-0.25, -0.2) is 0 Å². The van der Waals surface area contributed by atoms with Gasteiger partial charge in [0, 0.05) is 25.8 Å². The van der Waals surface area contributed by atoms with Crippen molar-refractivity contribution in [2.24, 2.45) is 0 Å². The van der Waals surface area contributed by atoms with Crippen LogP contribution in [0, 0.1) is 0 Å². The van der Waals surface area contributed by atoms with Crippen molar-refractivity contribution in [2.75, 3.05) is 13.7 Å². The first-order valence-electron chi connectivity index (χ1n) is 8.53. The maximum absolute atomic E-state index is 5.40. The summed E-state index contributed by atoms with van der Waals surface area (Å²) in [6, 6.07) is 3.26. The van der Waals surface area contributed by atoms with Gasteiger partial charge in [-0.1, -0.05) is 26.2 Å².